The van der Waals surface area contributed by atoms with Crippen molar-refractivity contribution in [2.45, 2.75) is 6.92 Å². The summed E-state index contributed by atoms with van der Waals surface area (Å²) >= 11 is 0. The van der Waals surface area contributed by atoms with Crippen LogP contribution in [-0.4, -0.2) is 52.4 Å². The van der Waals surface area contributed by atoms with Crippen LogP contribution < -0.4 is 15.2 Å². The number of nitrogens with one attached hydrogen (secondary N) is 1. The molecule has 0 saturated carbocycles. The van der Waals surface area contributed by atoms with E-state index >= 15 is 0 Å². The Morgan fingerprint density at radius 1 is 1.40 bits per heavy atom. The number of anilines is 1. The highest BCUT2D eigenvalue weighted by molar-refractivity contribution is 7.89. The lowest BCUT2D eigenvalue weighted by molar-refractivity contribution is 0.339. The van der Waals surface area contributed by atoms with E-state index < -0.39 is 10.0 Å². The molecule has 0 saturated heterocycles. The zero-order valence-electron chi connectivity index (χ0n) is 12.0. The molecule has 0 radical (unpaired) electrons. The molecule has 20 heavy (non-hydrogen) atoms. The first kappa shape index (κ1) is 16.7. The molecule has 0 bridgehead atoms. The molecule has 0 aliphatic heterocycles. The zero-order chi connectivity index (χ0) is 15.0. The minimum Gasteiger partial charge on any atom is -0.492 e. The Morgan fingerprint density at radius 3 is 2.80 bits per heavy atom. The molecule has 0 aromatic heterocycles. The van der Waals surface area contributed by atoms with Crippen molar-refractivity contribution in [3.05, 3.63) is 24.3 Å². The van der Waals surface area contributed by atoms with Crippen LogP contribution in [0.1, 0.15) is 6.92 Å². The minimum atomic E-state index is -3.30. The van der Waals surface area contributed by atoms with Gasteiger partial charge < -0.3 is 15.4 Å². The fraction of sp³-hybridized carbons (Fsp3) is 0.538. The first-order valence-corrected chi connectivity index (χ1v) is 8.22. The molecule has 7 heteroatoms. The monoisotopic (exact) mass is 301 g/mol. The minimum absolute atomic E-state index is 0.0718. The SMILES string of the molecule is CCN(C)CCNS(=O)(=O)CCOc1cccc(N)c1. The van der Waals surface area contributed by atoms with E-state index in [1.54, 1.807) is 24.3 Å². The molecule has 0 fully saturated rings. The Bertz CT molecular complexity index is 505. The molecular weight excluding hydrogens is 278 g/mol. The van der Waals surface area contributed by atoms with Crippen molar-refractivity contribution in [1.82, 2.24) is 9.62 Å². The Balaban J connectivity index is 2.29. The van der Waals surface area contributed by atoms with Crippen LogP contribution in [0, 0.1) is 0 Å². The molecule has 0 aliphatic carbocycles. The number of likely N-dealkylation sites (N-methyl/N-ethyl adjacent to an activating group) is 1. The van der Waals surface area contributed by atoms with Gasteiger partial charge in [-0.3, -0.25) is 0 Å². The first-order valence-electron chi connectivity index (χ1n) is 6.57. The second-order valence-corrected chi connectivity index (χ2v) is 6.46. The van der Waals surface area contributed by atoms with Gasteiger partial charge in [0.2, 0.25) is 10.0 Å². The Kier molecular flexibility index (Phi) is 6.77. The van der Waals surface area contributed by atoms with Gasteiger partial charge in [-0.2, -0.15) is 0 Å². The topological polar surface area (TPSA) is 84.7 Å². The number of sulfonamides is 1. The van der Waals surface area contributed by atoms with Crippen molar-refractivity contribution in [2.24, 2.45) is 0 Å². The third-order valence-corrected chi connectivity index (χ3v) is 4.18. The van der Waals surface area contributed by atoms with Crippen LogP contribution in [0.25, 0.3) is 0 Å². The largest absolute Gasteiger partial charge is 0.492 e. The molecule has 6 nitrogen and oxygen atoms in total. The lowest BCUT2D eigenvalue weighted by atomic mass is 10.3. The highest BCUT2D eigenvalue weighted by atomic mass is 32.2. The normalized spacial score (nSPS) is 11.8. The number of nitrogens with two attached hydrogens (primary N) is 1. The number of nitrogens with zero attached hydrogens (tertiary/aromatic N) is 1. The van der Waals surface area contributed by atoms with Gasteiger partial charge in [-0.05, 0) is 25.7 Å². The molecule has 0 heterocycles. The summed E-state index contributed by atoms with van der Waals surface area (Å²) in [6.45, 7) is 4.10. The van der Waals surface area contributed by atoms with Crippen molar-refractivity contribution >= 4 is 15.7 Å². The molecule has 3 N–H and O–H groups in total. The molecule has 114 valence electrons. The second kappa shape index (κ2) is 8.08. The maximum Gasteiger partial charge on any atom is 0.214 e. The quantitative estimate of drug-likeness (QED) is 0.650. The molecule has 1 rings (SSSR count). The van der Waals surface area contributed by atoms with E-state index in [2.05, 4.69) is 4.72 Å². The summed E-state index contributed by atoms with van der Waals surface area (Å²) in [5.41, 5.74) is 6.20. The molecule has 0 unspecified atom stereocenters. The third-order valence-electron chi connectivity index (χ3n) is 2.83. The van der Waals surface area contributed by atoms with Gasteiger partial charge in [-0.25, -0.2) is 13.1 Å². The van der Waals surface area contributed by atoms with Gasteiger partial charge in [-0.1, -0.05) is 13.0 Å². The van der Waals surface area contributed by atoms with Gasteiger partial charge in [0.1, 0.15) is 12.4 Å². The third kappa shape index (κ3) is 6.74. The predicted octanol–water partition coefficient (Wildman–Crippen LogP) is 0.519. The van der Waals surface area contributed by atoms with Crippen LogP contribution in [0.2, 0.25) is 0 Å². The van der Waals surface area contributed by atoms with E-state index in [0.717, 1.165) is 6.54 Å². The van der Waals surface area contributed by atoms with E-state index in [4.69, 9.17) is 10.5 Å². The van der Waals surface area contributed by atoms with Crippen molar-refractivity contribution in [1.29, 1.82) is 0 Å². The summed E-state index contributed by atoms with van der Waals surface area (Å²) in [6, 6.07) is 6.91. The van der Waals surface area contributed by atoms with Gasteiger partial charge in [0.05, 0.1) is 5.75 Å². The van der Waals surface area contributed by atoms with Crippen molar-refractivity contribution in [2.75, 3.05) is 44.8 Å². The van der Waals surface area contributed by atoms with Crippen LogP contribution in [0.15, 0.2) is 24.3 Å². The molecule has 0 amide bonds. The summed E-state index contributed by atoms with van der Waals surface area (Å²) in [5, 5.41) is 0. The highest BCUT2D eigenvalue weighted by Gasteiger charge is 2.10. The average molecular weight is 301 g/mol. The molecule has 1 aromatic rings. The van der Waals surface area contributed by atoms with Crippen LogP contribution in [0.3, 0.4) is 0 Å². The zero-order valence-corrected chi connectivity index (χ0v) is 12.8. The van der Waals surface area contributed by atoms with Crippen molar-refractivity contribution < 1.29 is 13.2 Å². The van der Waals surface area contributed by atoms with E-state index in [0.29, 0.717) is 24.5 Å². The fourth-order valence-electron chi connectivity index (χ4n) is 1.50. The van der Waals surface area contributed by atoms with E-state index in [1.165, 1.54) is 0 Å². The smallest absolute Gasteiger partial charge is 0.214 e. The number of ether oxygens (including phenoxy) is 1. The number of rotatable bonds is 9. The number of nitrogen functional groups attached to an aromatic ring is 1. The molecule has 0 spiro atoms. The fourth-order valence-corrected chi connectivity index (χ4v) is 2.35. The molecule has 0 atom stereocenters. The van der Waals surface area contributed by atoms with E-state index in [9.17, 15) is 8.42 Å². The van der Waals surface area contributed by atoms with E-state index in [-0.39, 0.29) is 12.4 Å². The number of hydrogen-bond donors (Lipinski definition) is 2. The Hall–Kier alpha value is -1.31. The van der Waals surface area contributed by atoms with Crippen LogP contribution in [-0.2, 0) is 10.0 Å². The Labute approximate surface area is 121 Å². The van der Waals surface area contributed by atoms with Gasteiger partial charge in [-0.15, -0.1) is 0 Å². The van der Waals surface area contributed by atoms with Crippen LogP contribution in [0.4, 0.5) is 5.69 Å². The summed E-state index contributed by atoms with van der Waals surface area (Å²) in [4.78, 5) is 2.03. The maximum absolute atomic E-state index is 11.7. The molecule has 1 aromatic carbocycles. The van der Waals surface area contributed by atoms with Crippen LogP contribution >= 0.6 is 0 Å². The first-order chi connectivity index (χ1) is 9.43. The van der Waals surface area contributed by atoms with E-state index in [1.807, 2.05) is 18.9 Å². The second-order valence-electron chi connectivity index (χ2n) is 4.53. The predicted molar refractivity (Wildman–Crippen MR) is 81.3 cm³/mol. The van der Waals surface area contributed by atoms with Gasteiger partial charge in [0, 0.05) is 24.8 Å². The van der Waals surface area contributed by atoms with Gasteiger partial charge in [0.25, 0.3) is 0 Å². The highest BCUT2D eigenvalue weighted by Crippen LogP contribution is 2.14. The van der Waals surface area contributed by atoms with Crippen molar-refractivity contribution in [3.8, 4) is 5.75 Å². The van der Waals surface area contributed by atoms with Gasteiger partial charge in [0.15, 0.2) is 0 Å². The molecular formula is C13H23N3O3S. The maximum atomic E-state index is 11.7. The number of hydrogen-bond acceptors (Lipinski definition) is 5. The van der Waals surface area contributed by atoms with Crippen molar-refractivity contribution in [3.63, 3.8) is 0 Å². The summed E-state index contributed by atoms with van der Waals surface area (Å²) in [7, 11) is -1.36. The van der Waals surface area contributed by atoms with Crippen LogP contribution in [0.5, 0.6) is 5.75 Å². The summed E-state index contributed by atoms with van der Waals surface area (Å²) in [6.07, 6.45) is 0. The standard InChI is InChI=1S/C13H23N3O3S/c1-3-16(2)8-7-15-20(17,18)10-9-19-13-6-4-5-12(14)11-13/h4-6,11,15H,3,7-10,14H2,1-2H3. The lowest BCUT2D eigenvalue weighted by Crippen LogP contribution is -2.35. The van der Waals surface area contributed by atoms with Gasteiger partial charge >= 0.3 is 0 Å². The number of benzene rings is 1. The summed E-state index contributed by atoms with van der Waals surface area (Å²) < 4.78 is 31.4. The molecule has 0 aliphatic rings. The lowest BCUT2D eigenvalue weighted by Gasteiger charge is -2.14. The average Bonchev–Trinajstić information content (AvgIpc) is 2.38. The summed E-state index contributed by atoms with van der Waals surface area (Å²) in [5.74, 6) is 0.503. The Morgan fingerprint density at radius 2 is 2.15 bits per heavy atom.